The van der Waals surface area contributed by atoms with Crippen LogP contribution in [-0.2, 0) is 9.53 Å². The van der Waals surface area contributed by atoms with Gasteiger partial charge in [-0.25, -0.2) is 4.79 Å². The highest BCUT2D eigenvalue weighted by Crippen LogP contribution is 2.06. The number of hydrogen-bond acceptors (Lipinski definition) is 5. The Labute approximate surface area is 127 Å². The van der Waals surface area contributed by atoms with Gasteiger partial charge in [0.05, 0.1) is 19.8 Å². The molecule has 0 saturated heterocycles. The number of allylic oxidation sites excluding steroid dienone is 1. The van der Waals surface area contributed by atoms with Crippen molar-refractivity contribution in [2.45, 2.75) is 51.9 Å². The molecule has 1 N–H and O–H groups in total. The fourth-order valence-electron chi connectivity index (χ4n) is 1.69. The van der Waals surface area contributed by atoms with Gasteiger partial charge >= 0.3 is 5.97 Å². The summed E-state index contributed by atoms with van der Waals surface area (Å²) in [5, 5.41) is 17.4. The zero-order chi connectivity index (χ0) is 15.8. The number of aliphatic hydroxyl groups is 1. The first-order valence-corrected chi connectivity index (χ1v) is 7.62. The van der Waals surface area contributed by atoms with Crippen LogP contribution in [-0.4, -0.2) is 37.0 Å². The molecule has 0 aromatic heterocycles. The monoisotopic (exact) mass is 294 g/mol. The topological polar surface area (TPSA) is 82.7 Å². The summed E-state index contributed by atoms with van der Waals surface area (Å²) in [6, 6.07) is 1.84. The van der Waals surface area contributed by atoms with Crippen molar-refractivity contribution in [1.82, 2.24) is 0 Å². The zero-order valence-corrected chi connectivity index (χ0v) is 12.9. The van der Waals surface area contributed by atoms with Crippen LogP contribution in [0.25, 0.3) is 0 Å². The third-order valence-electron chi connectivity index (χ3n) is 2.86. The maximum absolute atomic E-state index is 11.6. The normalized spacial score (nSPS) is 11.6. The maximum Gasteiger partial charge on any atom is 0.348 e. The van der Waals surface area contributed by atoms with Crippen molar-refractivity contribution in [1.29, 1.82) is 5.26 Å². The molecule has 0 aliphatic heterocycles. The second kappa shape index (κ2) is 14.7. The van der Waals surface area contributed by atoms with E-state index in [4.69, 9.17) is 15.1 Å². The molecule has 0 rings (SSSR count). The SMILES string of the molecule is CCCCCCCCOC(=O)/C(C#N)=C/CC=NCCO. The quantitative estimate of drug-likeness (QED) is 0.197. The van der Waals surface area contributed by atoms with Crippen LogP contribution < -0.4 is 0 Å². The van der Waals surface area contributed by atoms with Gasteiger partial charge in [-0.2, -0.15) is 5.26 Å². The Morgan fingerprint density at radius 3 is 2.67 bits per heavy atom. The van der Waals surface area contributed by atoms with Gasteiger partial charge in [0.25, 0.3) is 0 Å². The summed E-state index contributed by atoms with van der Waals surface area (Å²) in [5.74, 6) is -0.568. The number of rotatable bonds is 12. The summed E-state index contributed by atoms with van der Waals surface area (Å²) in [4.78, 5) is 15.5. The predicted molar refractivity (Wildman–Crippen MR) is 83.1 cm³/mol. The summed E-state index contributed by atoms with van der Waals surface area (Å²) in [7, 11) is 0. The lowest BCUT2D eigenvalue weighted by atomic mass is 10.1. The largest absolute Gasteiger partial charge is 0.462 e. The Morgan fingerprint density at radius 1 is 1.29 bits per heavy atom. The van der Waals surface area contributed by atoms with Crippen molar-refractivity contribution in [3.05, 3.63) is 11.6 Å². The molecule has 0 spiro atoms. The molecule has 5 heteroatoms. The average Bonchev–Trinajstić information content (AvgIpc) is 2.50. The number of aliphatic hydroxyl groups excluding tert-OH is 1. The minimum Gasteiger partial charge on any atom is -0.462 e. The number of ether oxygens (including phenoxy) is 1. The molecule has 0 aromatic rings. The zero-order valence-electron chi connectivity index (χ0n) is 12.9. The van der Waals surface area contributed by atoms with E-state index < -0.39 is 5.97 Å². The van der Waals surface area contributed by atoms with Crippen LogP contribution in [0.2, 0.25) is 0 Å². The fraction of sp³-hybridized carbons (Fsp3) is 0.688. The van der Waals surface area contributed by atoms with Gasteiger partial charge in [-0.3, -0.25) is 4.99 Å². The first-order valence-electron chi connectivity index (χ1n) is 7.62. The smallest absolute Gasteiger partial charge is 0.348 e. The van der Waals surface area contributed by atoms with E-state index in [2.05, 4.69) is 11.9 Å². The summed E-state index contributed by atoms with van der Waals surface area (Å²) >= 11 is 0. The van der Waals surface area contributed by atoms with E-state index >= 15 is 0 Å². The minimum absolute atomic E-state index is 0.00831. The van der Waals surface area contributed by atoms with E-state index in [1.807, 2.05) is 6.07 Å². The second-order valence-electron chi connectivity index (χ2n) is 4.68. The third kappa shape index (κ3) is 11.8. The van der Waals surface area contributed by atoms with E-state index in [-0.39, 0.29) is 12.2 Å². The molecule has 5 nitrogen and oxygen atoms in total. The van der Waals surface area contributed by atoms with Crippen molar-refractivity contribution in [3.63, 3.8) is 0 Å². The van der Waals surface area contributed by atoms with E-state index in [1.165, 1.54) is 25.3 Å². The molecule has 0 saturated carbocycles. The first-order chi connectivity index (χ1) is 10.3. The van der Waals surface area contributed by atoms with Crippen LogP contribution in [0.3, 0.4) is 0 Å². The molecule has 0 aliphatic rings. The van der Waals surface area contributed by atoms with Gasteiger partial charge in [-0.15, -0.1) is 0 Å². The highest BCUT2D eigenvalue weighted by Gasteiger charge is 2.09. The molecule has 0 amide bonds. The van der Waals surface area contributed by atoms with Gasteiger partial charge in [-0.1, -0.05) is 45.1 Å². The van der Waals surface area contributed by atoms with Gasteiger partial charge in [0.1, 0.15) is 11.6 Å². The molecule has 0 atom stereocenters. The van der Waals surface area contributed by atoms with Crippen molar-refractivity contribution in [3.8, 4) is 6.07 Å². The summed E-state index contributed by atoms with van der Waals surface area (Å²) < 4.78 is 5.07. The van der Waals surface area contributed by atoms with Gasteiger partial charge in [-0.05, 0) is 6.42 Å². The molecule has 0 fully saturated rings. The summed E-state index contributed by atoms with van der Waals surface area (Å²) in [6.45, 7) is 2.86. The molecular formula is C16H26N2O3. The van der Waals surface area contributed by atoms with Crippen molar-refractivity contribution >= 4 is 12.2 Å². The Bertz CT molecular complexity index is 370. The lowest BCUT2D eigenvalue weighted by Gasteiger charge is -2.03. The number of carbonyl (C=O) groups excluding carboxylic acids is 1. The number of aliphatic imine (C=N–C) groups is 1. The first kappa shape index (κ1) is 19.3. The molecule has 0 aliphatic carbocycles. The van der Waals surface area contributed by atoms with Crippen LogP contribution >= 0.6 is 0 Å². The molecule has 0 bridgehead atoms. The average molecular weight is 294 g/mol. The van der Waals surface area contributed by atoms with Crippen LogP contribution in [0.1, 0.15) is 51.9 Å². The van der Waals surface area contributed by atoms with E-state index in [0.717, 1.165) is 19.3 Å². The van der Waals surface area contributed by atoms with E-state index in [9.17, 15) is 4.79 Å². The predicted octanol–water partition coefficient (Wildman–Crippen LogP) is 2.79. The van der Waals surface area contributed by atoms with Gasteiger partial charge in [0, 0.05) is 12.6 Å². The number of nitriles is 1. The van der Waals surface area contributed by atoms with Crippen LogP contribution in [0, 0.1) is 11.3 Å². The summed E-state index contributed by atoms with van der Waals surface area (Å²) in [5.41, 5.74) is 0.0106. The van der Waals surface area contributed by atoms with Gasteiger partial charge in [0.15, 0.2) is 0 Å². The Kier molecular flexibility index (Phi) is 13.6. The molecule has 118 valence electrons. The summed E-state index contributed by atoms with van der Waals surface area (Å²) in [6.07, 6.45) is 10.2. The molecular weight excluding hydrogens is 268 g/mol. The minimum atomic E-state index is -0.568. The molecule has 0 heterocycles. The van der Waals surface area contributed by atoms with E-state index in [0.29, 0.717) is 19.6 Å². The highest BCUT2D eigenvalue weighted by atomic mass is 16.5. The standard InChI is InChI=1S/C16H26N2O3/c1-2-3-4-5-6-7-13-21-16(20)15(14-17)9-8-10-18-11-12-19/h9-10,19H,2-8,11-13H2,1H3/b15-9+,18-10?. The van der Waals surface area contributed by atoms with Crippen LogP contribution in [0.4, 0.5) is 0 Å². The molecule has 0 unspecified atom stereocenters. The van der Waals surface area contributed by atoms with Crippen molar-refractivity contribution < 1.29 is 14.6 Å². The Balaban J connectivity index is 3.84. The lowest BCUT2D eigenvalue weighted by molar-refractivity contribution is -0.138. The number of nitrogens with zero attached hydrogens (tertiary/aromatic N) is 2. The van der Waals surface area contributed by atoms with Crippen LogP contribution in [0.5, 0.6) is 0 Å². The van der Waals surface area contributed by atoms with Crippen molar-refractivity contribution in [2.24, 2.45) is 4.99 Å². The second-order valence-corrected chi connectivity index (χ2v) is 4.68. The number of unbranched alkanes of at least 4 members (excludes halogenated alkanes) is 5. The molecule has 21 heavy (non-hydrogen) atoms. The number of esters is 1. The van der Waals surface area contributed by atoms with Crippen molar-refractivity contribution in [2.75, 3.05) is 19.8 Å². The number of carbonyl (C=O) groups is 1. The number of hydrogen-bond donors (Lipinski definition) is 1. The third-order valence-corrected chi connectivity index (χ3v) is 2.86. The Hall–Kier alpha value is -1.67. The Morgan fingerprint density at radius 2 is 2.00 bits per heavy atom. The van der Waals surface area contributed by atoms with E-state index in [1.54, 1.807) is 6.21 Å². The van der Waals surface area contributed by atoms with Gasteiger partial charge < -0.3 is 9.84 Å². The fourth-order valence-corrected chi connectivity index (χ4v) is 1.69. The molecule has 0 radical (unpaired) electrons. The highest BCUT2D eigenvalue weighted by molar-refractivity contribution is 5.93. The van der Waals surface area contributed by atoms with Crippen LogP contribution in [0.15, 0.2) is 16.6 Å². The molecule has 0 aromatic carbocycles. The lowest BCUT2D eigenvalue weighted by Crippen LogP contribution is -2.08. The van der Waals surface area contributed by atoms with Gasteiger partial charge in [0.2, 0.25) is 0 Å². The maximum atomic E-state index is 11.6.